The minimum atomic E-state index is 0.515. The molecule has 4 heterocycles. The summed E-state index contributed by atoms with van der Waals surface area (Å²) >= 11 is 0. The number of hydrogen-bond donors (Lipinski definition) is 1. The molecule has 0 radical (unpaired) electrons. The molecule has 1 N–H and O–H groups in total. The molecule has 0 aromatic carbocycles. The van der Waals surface area contributed by atoms with Gasteiger partial charge in [0.25, 0.3) is 0 Å². The summed E-state index contributed by atoms with van der Waals surface area (Å²) in [4.78, 5) is 13.6. The number of rotatable bonds is 6. The molecule has 0 unspecified atom stereocenters. The normalized spacial score (nSPS) is 11.1. The lowest BCUT2D eigenvalue weighted by atomic mass is 10.3. The van der Waals surface area contributed by atoms with Crippen LogP contribution in [-0.2, 0) is 13.1 Å². The zero-order valence-corrected chi connectivity index (χ0v) is 15.4. The van der Waals surface area contributed by atoms with Crippen molar-refractivity contribution in [1.82, 2.24) is 24.7 Å². The number of pyridine rings is 1. The van der Waals surface area contributed by atoms with E-state index in [0.29, 0.717) is 18.9 Å². The monoisotopic (exact) mass is 364 g/mol. The predicted octanol–water partition coefficient (Wildman–Crippen LogP) is 3.10. The number of aryl methyl sites for hydroxylation is 2. The van der Waals surface area contributed by atoms with Gasteiger partial charge >= 0.3 is 0 Å². The second-order valence-electron chi connectivity index (χ2n) is 6.23. The third-order valence-corrected chi connectivity index (χ3v) is 4.22. The molecule has 0 aliphatic carbocycles. The van der Waals surface area contributed by atoms with Crippen LogP contribution < -0.4 is 10.1 Å². The molecule has 0 amide bonds. The predicted molar refractivity (Wildman–Crippen MR) is 101 cm³/mol. The van der Waals surface area contributed by atoms with Gasteiger partial charge < -0.3 is 19.1 Å². The first kappa shape index (κ1) is 17.0. The summed E-state index contributed by atoms with van der Waals surface area (Å²) in [6.07, 6.45) is 3.74. The Balaban J connectivity index is 1.69. The summed E-state index contributed by atoms with van der Waals surface area (Å²) in [7, 11) is 1.65. The lowest BCUT2D eigenvalue weighted by Crippen LogP contribution is -2.08. The fraction of sp³-hybridized carbons (Fsp3) is 0.263. The zero-order valence-electron chi connectivity index (χ0n) is 15.4. The molecule has 0 fully saturated rings. The van der Waals surface area contributed by atoms with Gasteiger partial charge in [0, 0.05) is 18.5 Å². The number of hydrogen-bond acceptors (Lipinski definition) is 7. The van der Waals surface area contributed by atoms with Crippen molar-refractivity contribution in [2.45, 2.75) is 26.9 Å². The van der Waals surface area contributed by atoms with Crippen molar-refractivity contribution in [2.24, 2.45) is 0 Å². The van der Waals surface area contributed by atoms with Crippen LogP contribution in [-0.4, -0.2) is 31.8 Å². The fourth-order valence-corrected chi connectivity index (χ4v) is 3.04. The van der Waals surface area contributed by atoms with E-state index in [1.54, 1.807) is 13.3 Å². The van der Waals surface area contributed by atoms with Crippen molar-refractivity contribution < 1.29 is 9.26 Å². The standard InChI is InChI=1S/C19H20N6O2/c1-12-9-14(24-27-12)10-21-19-18-15(22-13(2)23-19)6-8-25(18)11-16-17(26-3)5-4-7-20-16/h4-9H,10-11H2,1-3H3,(H,21,22,23). The lowest BCUT2D eigenvalue weighted by molar-refractivity contribution is 0.391. The van der Waals surface area contributed by atoms with Gasteiger partial charge in [0.2, 0.25) is 0 Å². The van der Waals surface area contributed by atoms with E-state index in [0.717, 1.165) is 39.7 Å². The number of nitrogens with zero attached hydrogens (tertiary/aromatic N) is 5. The van der Waals surface area contributed by atoms with Crippen LogP contribution in [0.4, 0.5) is 5.82 Å². The number of methoxy groups -OCH3 is 1. The molecule has 0 saturated carbocycles. The summed E-state index contributed by atoms with van der Waals surface area (Å²) in [5, 5.41) is 7.37. The summed E-state index contributed by atoms with van der Waals surface area (Å²) in [5.74, 6) is 2.98. The third kappa shape index (κ3) is 3.46. The lowest BCUT2D eigenvalue weighted by Gasteiger charge is -2.12. The Morgan fingerprint density at radius 2 is 2.11 bits per heavy atom. The van der Waals surface area contributed by atoms with Crippen molar-refractivity contribution in [3.8, 4) is 5.75 Å². The molecule has 27 heavy (non-hydrogen) atoms. The van der Waals surface area contributed by atoms with Gasteiger partial charge in [-0.2, -0.15) is 0 Å². The molecule has 0 aliphatic rings. The maximum Gasteiger partial charge on any atom is 0.154 e. The number of fused-ring (bicyclic) bond motifs is 1. The van der Waals surface area contributed by atoms with Gasteiger partial charge in [-0.1, -0.05) is 5.16 Å². The van der Waals surface area contributed by atoms with Gasteiger partial charge in [0.15, 0.2) is 5.82 Å². The van der Waals surface area contributed by atoms with Crippen molar-refractivity contribution in [1.29, 1.82) is 0 Å². The molecule has 138 valence electrons. The Labute approximate surface area is 156 Å². The number of nitrogens with one attached hydrogen (secondary N) is 1. The van der Waals surface area contributed by atoms with Crippen LogP contribution >= 0.6 is 0 Å². The average Bonchev–Trinajstić information content (AvgIpc) is 3.26. The van der Waals surface area contributed by atoms with E-state index in [-0.39, 0.29) is 0 Å². The second kappa shape index (κ2) is 7.06. The highest BCUT2D eigenvalue weighted by atomic mass is 16.5. The summed E-state index contributed by atoms with van der Waals surface area (Å²) < 4.78 is 12.6. The molecule has 4 rings (SSSR count). The van der Waals surface area contributed by atoms with Crippen molar-refractivity contribution >= 4 is 16.9 Å². The largest absolute Gasteiger partial charge is 0.495 e. The highest BCUT2D eigenvalue weighted by Gasteiger charge is 2.14. The van der Waals surface area contributed by atoms with E-state index in [4.69, 9.17) is 9.26 Å². The van der Waals surface area contributed by atoms with Gasteiger partial charge in [-0.15, -0.1) is 0 Å². The minimum absolute atomic E-state index is 0.515. The summed E-state index contributed by atoms with van der Waals surface area (Å²) in [5.41, 5.74) is 3.45. The maximum absolute atomic E-state index is 5.42. The highest BCUT2D eigenvalue weighted by molar-refractivity contribution is 5.86. The van der Waals surface area contributed by atoms with Gasteiger partial charge in [-0.25, -0.2) is 9.97 Å². The quantitative estimate of drug-likeness (QED) is 0.562. The molecule has 4 aromatic heterocycles. The Bertz CT molecular complexity index is 1080. The molecule has 0 atom stereocenters. The number of aromatic nitrogens is 5. The van der Waals surface area contributed by atoms with Crippen molar-refractivity contribution in [3.05, 3.63) is 59.6 Å². The van der Waals surface area contributed by atoms with Crippen LogP contribution in [0, 0.1) is 13.8 Å². The van der Waals surface area contributed by atoms with Gasteiger partial charge in [-0.3, -0.25) is 4.98 Å². The SMILES string of the molecule is COc1cccnc1Cn1ccc2nc(C)nc(NCc3cc(C)on3)c21. The molecule has 0 aliphatic heterocycles. The van der Waals surface area contributed by atoms with Gasteiger partial charge in [0.05, 0.1) is 25.7 Å². The van der Waals surface area contributed by atoms with Crippen molar-refractivity contribution in [2.75, 3.05) is 12.4 Å². The zero-order chi connectivity index (χ0) is 18.8. The molecule has 0 spiro atoms. The first-order valence-corrected chi connectivity index (χ1v) is 8.61. The van der Waals surface area contributed by atoms with Crippen molar-refractivity contribution in [3.63, 3.8) is 0 Å². The van der Waals surface area contributed by atoms with Crippen LogP contribution in [0.15, 0.2) is 41.2 Å². The Hall–Kier alpha value is -3.42. The molecule has 8 heteroatoms. The Morgan fingerprint density at radius 1 is 1.22 bits per heavy atom. The molecule has 4 aromatic rings. The first-order chi connectivity index (χ1) is 13.1. The average molecular weight is 364 g/mol. The van der Waals surface area contributed by atoms with E-state index in [1.807, 2.05) is 44.3 Å². The molecular formula is C19H20N6O2. The Morgan fingerprint density at radius 3 is 2.89 bits per heavy atom. The number of ether oxygens (including phenoxy) is 1. The van der Waals surface area contributed by atoms with E-state index < -0.39 is 0 Å². The van der Waals surface area contributed by atoms with E-state index in [1.165, 1.54) is 0 Å². The molecule has 0 saturated heterocycles. The van der Waals surface area contributed by atoms with E-state index in [9.17, 15) is 0 Å². The maximum atomic E-state index is 5.42. The van der Waals surface area contributed by atoms with Crippen LogP contribution in [0.3, 0.4) is 0 Å². The molecule has 0 bridgehead atoms. The topological polar surface area (TPSA) is 90.9 Å². The molecule has 8 nitrogen and oxygen atoms in total. The van der Waals surface area contributed by atoms with Gasteiger partial charge in [0.1, 0.15) is 34.2 Å². The van der Waals surface area contributed by atoms with E-state index in [2.05, 4.69) is 30.0 Å². The van der Waals surface area contributed by atoms with Crippen LogP contribution in [0.2, 0.25) is 0 Å². The summed E-state index contributed by atoms with van der Waals surface area (Å²) in [6, 6.07) is 7.64. The van der Waals surface area contributed by atoms with E-state index >= 15 is 0 Å². The first-order valence-electron chi connectivity index (χ1n) is 8.61. The summed E-state index contributed by atoms with van der Waals surface area (Å²) in [6.45, 7) is 4.82. The molecular weight excluding hydrogens is 344 g/mol. The van der Waals surface area contributed by atoms with Crippen LogP contribution in [0.5, 0.6) is 5.75 Å². The van der Waals surface area contributed by atoms with Crippen LogP contribution in [0.1, 0.15) is 23.0 Å². The smallest absolute Gasteiger partial charge is 0.154 e. The third-order valence-electron chi connectivity index (χ3n) is 4.22. The second-order valence-corrected chi connectivity index (χ2v) is 6.23. The van der Waals surface area contributed by atoms with Gasteiger partial charge in [-0.05, 0) is 32.0 Å². The van der Waals surface area contributed by atoms with Crippen LogP contribution in [0.25, 0.3) is 11.0 Å². The Kier molecular flexibility index (Phi) is 4.45. The highest BCUT2D eigenvalue weighted by Crippen LogP contribution is 2.25. The number of anilines is 1. The minimum Gasteiger partial charge on any atom is -0.495 e. The fourth-order valence-electron chi connectivity index (χ4n) is 3.04.